The molecule has 0 heterocycles. The molecular weight excluding hydrogens is 393 g/mol. The van der Waals surface area contributed by atoms with Crippen molar-refractivity contribution in [1.29, 1.82) is 0 Å². The molecule has 1 amide bonds. The van der Waals surface area contributed by atoms with E-state index in [0.29, 0.717) is 6.54 Å². The molecule has 0 saturated carbocycles. The molecule has 2 N–H and O–H groups in total. The van der Waals surface area contributed by atoms with Gasteiger partial charge in [-0.15, -0.1) is 0 Å². The normalized spacial score (nSPS) is 12.7. The lowest BCUT2D eigenvalue weighted by molar-refractivity contribution is -0.121. The molecule has 0 aliphatic carbocycles. The van der Waals surface area contributed by atoms with Crippen LogP contribution >= 0.6 is 0 Å². The van der Waals surface area contributed by atoms with Gasteiger partial charge in [-0.05, 0) is 55.9 Å². The summed E-state index contributed by atoms with van der Waals surface area (Å²) in [6.07, 6.45) is 0.979. The van der Waals surface area contributed by atoms with Crippen molar-refractivity contribution in [2.45, 2.75) is 30.7 Å². The zero-order chi connectivity index (χ0) is 21.4. The summed E-state index contributed by atoms with van der Waals surface area (Å²) < 4.78 is 39.6. The maximum Gasteiger partial charge on any atom is 0.240 e. The maximum absolute atomic E-state index is 12.9. The number of carbonyl (C=O) groups excluding carboxylic acids is 1. The summed E-state index contributed by atoms with van der Waals surface area (Å²) in [7, 11) is 0.120. The van der Waals surface area contributed by atoms with Crippen molar-refractivity contribution in [3.63, 3.8) is 0 Å². The highest BCUT2D eigenvalue weighted by Gasteiger charge is 2.17. The van der Waals surface area contributed by atoms with E-state index in [1.54, 1.807) is 0 Å². The first-order valence-electron chi connectivity index (χ1n) is 9.50. The molecular formula is C21H28FN3O3S. The van der Waals surface area contributed by atoms with Crippen LogP contribution in [0.2, 0.25) is 0 Å². The first-order chi connectivity index (χ1) is 13.7. The Morgan fingerprint density at radius 1 is 1.07 bits per heavy atom. The third-order valence-corrected chi connectivity index (χ3v) is 6.13. The van der Waals surface area contributed by atoms with Crippen molar-refractivity contribution >= 4 is 15.9 Å². The monoisotopic (exact) mass is 421 g/mol. The number of sulfonamides is 1. The molecule has 1 unspecified atom stereocenters. The number of nitrogens with one attached hydrogen (secondary N) is 2. The number of hydrogen-bond donors (Lipinski definition) is 2. The van der Waals surface area contributed by atoms with Gasteiger partial charge in [-0.2, -0.15) is 0 Å². The second kappa shape index (κ2) is 10.5. The number of halogens is 1. The Morgan fingerprint density at radius 3 is 2.24 bits per heavy atom. The van der Waals surface area contributed by atoms with Crippen LogP contribution in [0.15, 0.2) is 53.4 Å². The summed E-state index contributed by atoms with van der Waals surface area (Å²) in [5, 5.41) is 2.86. The second-order valence-corrected chi connectivity index (χ2v) is 8.75. The first kappa shape index (κ1) is 23.0. The molecule has 0 radical (unpaired) electrons. The number of likely N-dealkylation sites (N-methyl/N-ethyl adjacent to an activating group) is 1. The molecule has 6 nitrogen and oxygen atoms in total. The number of nitrogens with zero attached hydrogens (tertiary/aromatic N) is 1. The minimum atomic E-state index is -3.77. The Morgan fingerprint density at radius 2 is 1.69 bits per heavy atom. The van der Waals surface area contributed by atoms with Gasteiger partial charge in [-0.1, -0.05) is 31.2 Å². The molecule has 0 aromatic heterocycles. The van der Waals surface area contributed by atoms with Gasteiger partial charge in [0.05, 0.1) is 10.9 Å². The third kappa shape index (κ3) is 6.92. The molecule has 1 atom stereocenters. The topological polar surface area (TPSA) is 78.5 Å². The van der Waals surface area contributed by atoms with E-state index in [0.717, 1.165) is 24.1 Å². The van der Waals surface area contributed by atoms with Gasteiger partial charge < -0.3 is 10.2 Å². The SMILES string of the molecule is CCc1ccc(C(CNC(=O)CCNS(=O)(=O)c2ccc(F)cc2)N(C)C)cc1. The van der Waals surface area contributed by atoms with E-state index in [1.807, 2.05) is 19.0 Å². The standard InChI is InChI=1S/C21H28FN3O3S/c1-4-16-5-7-17(8-6-16)20(25(2)3)15-23-21(26)13-14-24-29(27,28)19-11-9-18(22)10-12-19/h5-12,20,24H,4,13-15H2,1-3H3,(H,23,26). The minimum Gasteiger partial charge on any atom is -0.354 e. The fraction of sp³-hybridized carbons (Fsp3) is 0.381. The molecule has 0 saturated heterocycles. The van der Waals surface area contributed by atoms with Crippen LogP contribution in [0.5, 0.6) is 0 Å². The van der Waals surface area contributed by atoms with Gasteiger partial charge in [0.15, 0.2) is 0 Å². The second-order valence-electron chi connectivity index (χ2n) is 6.98. The number of benzene rings is 2. The molecule has 2 rings (SSSR count). The lowest BCUT2D eigenvalue weighted by atomic mass is 10.0. The van der Waals surface area contributed by atoms with Crippen molar-refractivity contribution in [2.75, 3.05) is 27.2 Å². The summed E-state index contributed by atoms with van der Waals surface area (Å²) >= 11 is 0. The number of rotatable bonds is 10. The van der Waals surface area contributed by atoms with Crippen LogP contribution in [0.3, 0.4) is 0 Å². The Kier molecular flexibility index (Phi) is 8.31. The van der Waals surface area contributed by atoms with E-state index < -0.39 is 15.8 Å². The summed E-state index contributed by atoms with van der Waals surface area (Å²) in [6.45, 7) is 2.48. The van der Waals surface area contributed by atoms with Crippen molar-refractivity contribution < 1.29 is 17.6 Å². The number of hydrogen-bond acceptors (Lipinski definition) is 4. The fourth-order valence-corrected chi connectivity index (χ4v) is 3.90. The van der Waals surface area contributed by atoms with Crippen LogP contribution in [-0.2, 0) is 21.2 Å². The van der Waals surface area contributed by atoms with Gasteiger partial charge in [-0.25, -0.2) is 17.5 Å². The molecule has 0 aliphatic rings. The Hall–Kier alpha value is -2.29. The lowest BCUT2D eigenvalue weighted by Crippen LogP contribution is -2.36. The highest BCUT2D eigenvalue weighted by Crippen LogP contribution is 2.18. The predicted octanol–water partition coefficient (Wildman–Crippen LogP) is 2.48. The quantitative estimate of drug-likeness (QED) is 0.618. The van der Waals surface area contributed by atoms with Gasteiger partial charge in [0, 0.05) is 19.5 Å². The smallest absolute Gasteiger partial charge is 0.240 e. The lowest BCUT2D eigenvalue weighted by Gasteiger charge is -2.25. The van der Waals surface area contributed by atoms with E-state index in [2.05, 4.69) is 41.2 Å². The summed E-state index contributed by atoms with van der Waals surface area (Å²) in [5.41, 5.74) is 2.35. The molecule has 2 aromatic rings. The average Bonchev–Trinajstić information content (AvgIpc) is 2.68. The molecule has 0 aliphatic heterocycles. The van der Waals surface area contributed by atoms with E-state index in [1.165, 1.54) is 17.7 Å². The van der Waals surface area contributed by atoms with Gasteiger partial charge in [0.2, 0.25) is 15.9 Å². The Balaban J connectivity index is 1.85. The molecule has 0 spiro atoms. The van der Waals surface area contributed by atoms with Crippen LogP contribution in [0, 0.1) is 5.82 Å². The van der Waals surface area contributed by atoms with E-state index >= 15 is 0 Å². The number of amides is 1. The van der Waals surface area contributed by atoms with Crippen molar-refractivity contribution in [1.82, 2.24) is 14.9 Å². The van der Waals surface area contributed by atoms with Gasteiger partial charge >= 0.3 is 0 Å². The van der Waals surface area contributed by atoms with Gasteiger partial charge in [-0.3, -0.25) is 4.79 Å². The van der Waals surface area contributed by atoms with Crippen LogP contribution in [0.25, 0.3) is 0 Å². The predicted molar refractivity (Wildman–Crippen MR) is 111 cm³/mol. The van der Waals surface area contributed by atoms with Crippen LogP contribution in [0.1, 0.15) is 30.5 Å². The molecule has 0 bridgehead atoms. The van der Waals surface area contributed by atoms with Gasteiger partial charge in [0.1, 0.15) is 5.82 Å². The highest BCUT2D eigenvalue weighted by atomic mass is 32.2. The molecule has 8 heteroatoms. The Bertz CT molecular complexity index is 898. The van der Waals surface area contributed by atoms with Crippen molar-refractivity contribution in [2.24, 2.45) is 0 Å². The summed E-state index contributed by atoms with van der Waals surface area (Å²) in [6, 6.07) is 12.8. The largest absolute Gasteiger partial charge is 0.354 e. The molecule has 29 heavy (non-hydrogen) atoms. The van der Waals surface area contributed by atoms with Crippen LogP contribution in [0.4, 0.5) is 4.39 Å². The van der Waals surface area contributed by atoms with Crippen LogP contribution < -0.4 is 10.0 Å². The van der Waals surface area contributed by atoms with Crippen molar-refractivity contribution in [3.05, 3.63) is 65.5 Å². The molecule has 2 aromatic carbocycles. The third-order valence-electron chi connectivity index (χ3n) is 4.66. The minimum absolute atomic E-state index is 0.00927. The van der Waals surface area contributed by atoms with Crippen LogP contribution in [-0.4, -0.2) is 46.4 Å². The summed E-state index contributed by atoms with van der Waals surface area (Å²) in [4.78, 5) is 14.1. The first-order valence-corrected chi connectivity index (χ1v) is 11.0. The zero-order valence-electron chi connectivity index (χ0n) is 17.0. The fourth-order valence-electron chi connectivity index (χ4n) is 2.87. The van der Waals surface area contributed by atoms with Crippen molar-refractivity contribution in [3.8, 4) is 0 Å². The van der Waals surface area contributed by atoms with Gasteiger partial charge in [0.25, 0.3) is 0 Å². The zero-order valence-corrected chi connectivity index (χ0v) is 17.8. The highest BCUT2D eigenvalue weighted by molar-refractivity contribution is 7.89. The number of aryl methyl sites for hydroxylation is 1. The Labute approximate surface area is 172 Å². The number of carbonyl (C=O) groups is 1. The molecule has 0 fully saturated rings. The van der Waals surface area contributed by atoms with E-state index in [-0.39, 0.29) is 29.8 Å². The van der Waals surface area contributed by atoms with E-state index in [4.69, 9.17) is 0 Å². The molecule has 158 valence electrons. The summed E-state index contributed by atoms with van der Waals surface area (Å²) in [5.74, 6) is -0.757. The maximum atomic E-state index is 12.9. The van der Waals surface area contributed by atoms with E-state index in [9.17, 15) is 17.6 Å². The average molecular weight is 422 g/mol.